The number of morpholine rings is 1. The number of aromatic nitrogens is 1. The highest BCUT2D eigenvalue weighted by molar-refractivity contribution is 7.10. The van der Waals surface area contributed by atoms with Crippen LogP contribution in [0.15, 0.2) is 41.9 Å². The Kier molecular flexibility index (Phi) is 5.56. The second-order valence-electron chi connectivity index (χ2n) is 5.66. The second kappa shape index (κ2) is 7.83. The maximum Gasteiger partial charge on any atom is 0.0674 e. The van der Waals surface area contributed by atoms with Crippen molar-refractivity contribution in [3.8, 4) is 0 Å². The Balaban J connectivity index is 1.61. The molecule has 1 aliphatic rings. The minimum atomic E-state index is 0.312. The molecule has 0 saturated carbocycles. The molecule has 0 radical (unpaired) electrons. The standard InChI is InChI=1S/C17H23N3OS/c1-14-13-20(8-9-21-14)16(17-6-4-10-22-17)12-18-11-15-5-2-3-7-19-15/h2-7,10,14,16,18H,8-9,11-13H2,1H3/t14-,16+/m1/s1. The van der Waals surface area contributed by atoms with Crippen LogP contribution in [0.1, 0.15) is 23.5 Å². The molecule has 0 bridgehead atoms. The van der Waals surface area contributed by atoms with Gasteiger partial charge < -0.3 is 10.1 Å². The number of ether oxygens (including phenoxy) is 1. The maximum absolute atomic E-state index is 5.68. The summed E-state index contributed by atoms with van der Waals surface area (Å²) < 4.78 is 5.68. The summed E-state index contributed by atoms with van der Waals surface area (Å²) in [7, 11) is 0. The predicted octanol–water partition coefficient (Wildman–Crippen LogP) is 2.69. The van der Waals surface area contributed by atoms with Gasteiger partial charge in [0.2, 0.25) is 0 Å². The Bertz CT molecular complexity index is 546. The molecule has 1 saturated heterocycles. The van der Waals surface area contributed by atoms with Gasteiger partial charge in [-0.25, -0.2) is 0 Å². The van der Waals surface area contributed by atoms with Gasteiger partial charge in [-0.1, -0.05) is 12.1 Å². The topological polar surface area (TPSA) is 37.4 Å². The van der Waals surface area contributed by atoms with Gasteiger partial charge in [0.25, 0.3) is 0 Å². The van der Waals surface area contributed by atoms with E-state index >= 15 is 0 Å². The molecule has 5 heteroatoms. The normalized spacial score (nSPS) is 20.9. The number of nitrogens with one attached hydrogen (secondary N) is 1. The van der Waals surface area contributed by atoms with E-state index in [4.69, 9.17) is 4.74 Å². The number of hydrogen-bond donors (Lipinski definition) is 1. The van der Waals surface area contributed by atoms with Gasteiger partial charge in [0.15, 0.2) is 0 Å². The molecule has 22 heavy (non-hydrogen) atoms. The lowest BCUT2D eigenvalue weighted by atomic mass is 10.1. The number of nitrogens with zero attached hydrogens (tertiary/aromatic N) is 2. The quantitative estimate of drug-likeness (QED) is 0.889. The smallest absolute Gasteiger partial charge is 0.0674 e. The highest BCUT2D eigenvalue weighted by Crippen LogP contribution is 2.26. The SMILES string of the molecule is C[C@@H]1CN([C@@H](CNCc2ccccn2)c2cccs2)CCO1. The molecule has 3 rings (SSSR count). The first-order chi connectivity index (χ1) is 10.8. The van der Waals surface area contributed by atoms with E-state index < -0.39 is 0 Å². The first kappa shape index (κ1) is 15.6. The van der Waals surface area contributed by atoms with Crippen molar-refractivity contribution in [1.82, 2.24) is 15.2 Å². The molecule has 2 atom stereocenters. The molecular formula is C17H23N3OS. The van der Waals surface area contributed by atoms with Crippen molar-refractivity contribution < 1.29 is 4.74 Å². The number of thiophene rings is 1. The molecule has 0 unspecified atom stereocenters. The molecule has 4 nitrogen and oxygen atoms in total. The first-order valence-electron chi connectivity index (χ1n) is 7.82. The van der Waals surface area contributed by atoms with Crippen LogP contribution in [-0.2, 0) is 11.3 Å². The molecule has 2 aromatic heterocycles. The first-order valence-corrected chi connectivity index (χ1v) is 8.70. The predicted molar refractivity (Wildman–Crippen MR) is 90.0 cm³/mol. The fourth-order valence-corrected chi connectivity index (χ4v) is 3.72. The van der Waals surface area contributed by atoms with Gasteiger partial charge >= 0.3 is 0 Å². The second-order valence-corrected chi connectivity index (χ2v) is 6.64. The molecule has 1 N–H and O–H groups in total. The summed E-state index contributed by atoms with van der Waals surface area (Å²) in [6.45, 7) is 6.71. The van der Waals surface area contributed by atoms with E-state index in [9.17, 15) is 0 Å². The third kappa shape index (κ3) is 4.14. The average Bonchev–Trinajstić information content (AvgIpc) is 3.07. The molecule has 0 amide bonds. The summed E-state index contributed by atoms with van der Waals surface area (Å²) >= 11 is 1.83. The Labute approximate surface area is 136 Å². The fraction of sp³-hybridized carbons (Fsp3) is 0.471. The van der Waals surface area contributed by atoms with Crippen LogP contribution >= 0.6 is 11.3 Å². The van der Waals surface area contributed by atoms with Crippen LogP contribution in [0.3, 0.4) is 0 Å². The summed E-state index contributed by atoms with van der Waals surface area (Å²) in [5.74, 6) is 0. The van der Waals surface area contributed by atoms with Crippen LogP contribution in [0.4, 0.5) is 0 Å². The largest absolute Gasteiger partial charge is 0.376 e. The van der Waals surface area contributed by atoms with E-state index in [0.29, 0.717) is 12.1 Å². The number of rotatable bonds is 6. The van der Waals surface area contributed by atoms with Gasteiger partial charge in [-0.05, 0) is 30.5 Å². The van der Waals surface area contributed by atoms with Crippen molar-refractivity contribution in [3.63, 3.8) is 0 Å². The number of pyridine rings is 1. The molecule has 0 spiro atoms. The monoisotopic (exact) mass is 317 g/mol. The summed E-state index contributed by atoms with van der Waals surface area (Å²) in [4.78, 5) is 8.32. The summed E-state index contributed by atoms with van der Waals surface area (Å²) in [5.41, 5.74) is 1.09. The van der Waals surface area contributed by atoms with Crippen molar-refractivity contribution in [1.29, 1.82) is 0 Å². The van der Waals surface area contributed by atoms with Crippen molar-refractivity contribution in [2.24, 2.45) is 0 Å². The van der Waals surface area contributed by atoms with E-state index in [1.54, 1.807) is 0 Å². The highest BCUT2D eigenvalue weighted by Gasteiger charge is 2.25. The minimum Gasteiger partial charge on any atom is -0.376 e. The van der Waals surface area contributed by atoms with Crippen molar-refractivity contribution in [2.45, 2.75) is 25.6 Å². The zero-order valence-electron chi connectivity index (χ0n) is 12.9. The molecule has 2 aromatic rings. The molecule has 3 heterocycles. The molecule has 1 aliphatic heterocycles. The summed E-state index contributed by atoms with van der Waals surface area (Å²) in [6.07, 6.45) is 2.16. The van der Waals surface area contributed by atoms with Gasteiger partial charge in [-0.2, -0.15) is 0 Å². The van der Waals surface area contributed by atoms with Crippen molar-refractivity contribution in [2.75, 3.05) is 26.2 Å². The van der Waals surface area contributed by atoms with Crippen molar-refractivity contribution >= 4 is 11.3 Å². The molecular weight excluding hydrogens is 294 g/mol. The summed E-state index contributed by atoms with van der Waals surface area (Å²) in [5, 5.41) is 5.72. The minimum absolute atomic E-state index is 0.312. The van der Waals surface area contributed by atoms with Gasteiger partial charge in [0.1, 0.15) is 0 Å². The van der Waals surface area contributed by atoms with Crippen LogP contribution in [0.25, 0.3) is 0 Å². The Morgan fingerprint density at radius 1 is 1.41 bits per heavy atom. The molecule has 1 fully saturated rings. The third-order valence-corrected chi connectivity index (χ3v) is 4.93. The van der Waals surface area contributed by atoms with Gasteiger partial charge in [-0.15, -0.1) is 11.3 Å². The lowest BCUT2D eigenvalue weighted by Crippen LogP contribution is -2.45. The van der Waals surface area contributed by atoms with E-state index in [1.165, 1.54) is 4.88 Å². The zero-order valence-corrected chi connectivity index (χ0v) is 13.8. The fourth-order valence-electron chi connectivity index (χ4n) is 2.86. The number of hydrogen-bond acceptors (Lipinski definition) is 5. The van der Waals surface area contributed by atoms with Gasteiger partial charge in [0.05, 0.1) is 24.4 Å². The average molecular weight is 317 g/mol. The van der Waals surface area contributed by atoms with Gasteiger partial charge in [0, 0.05) is 37.3 Å². The molecule has 0 aliphatic carbocycles. The summed E-state index contributed by atoms with van der Waals surface area (Å²) in [6, 6.07) is 10.8. The van der Waals surface area contributed by atoms with Crippen LogP contribution in [-0.4, -0.2) is 42.2 Å². The lowest BCUT2D eigenvalue weighted by molar-refractivity contribution is -0.0339. The Morgan fingerprint density at radius 2 is 2.36 bits per heavy atom. The zero-order chi connectivity index (χ0) is 15.2. The van der Waals surface area contributed by atoms with Crippen LogP contribution in [0.5, 0.6) is 0 Å². The third-order valence-electron chi connectivity index (χ3n) is 3.95. The Morgan fingerprint density at radius 3 is 3.09 bits per heavy atom. The molecule has 0 aromatic carbocycles. The van der Waals surface area contributed by atoms with E-state index in [2.05, 4.69) is 45.7 Å². The Hall–Kier alpha value is -1.27. The van der Waals surface area contributed by atoms with E-state index in [0.717, 1.165) is 38.5 Å². The van der Waals surface area contributed by atoms with Gasteiger partial charge in [-0.3, -0.25) is 9.88 Å². The highest BCUT2D eigenvalue weighted by atomic mass is 32.1. The van der Waals surface area contributed by atoms with E-state index in [-0.39, 0.29) is 0 Å². The lowest BCUT2D eigenvalue weighted by Gasteiger charge is -2.37. The van der Waals surface area contributed by atoms with Crippen LogP contribution in [0.2, 0.25) is 0 Å². The van der Waals surface area contributed by atoms with Crippen LogP contribution < -0.4 is 5.32 Å². The van der Waals surface area contributed by atoms with Crippen LogP contribution in [0, 0.1) is 0 Å². The van der Waals surface area contributed by atoms with Crippen molar-refractivity contribution in [3.05, 3.63) is 52.5 Å². The maximum atomic E-state index is 5.68. The van der Waals surface area contributed by atoms with E-state index in [1.807, 2.05) is 29.7 Å². The molecule has 118 valence electrons.